The van der Waals surface area contributed by atoms with E-state index in [1.807, 2.05) is 37.3 Å². The van der Waals surface area contributed by atoms with Gasteiger partial charge in [0.1, 0.15) is 0 Å². The van der Waals surface area contributed by atoms with E-state index < -0.39 is 0 Å². The van der Waals surface area contributed by atoms with Crippen molar-refractivity contribution < 1.29 is 4.79 Å². The zero-order chi connectivity index (χ0) is 16.9. The third-order valence-electron chi connectivity index (χ3n) is 3.93. The van der Waals surface area contributed by atoms with Crippen molar-refractivity contribution in [2.24, 2.45) is 0 Å². The molecule has 1 N–H and O–H groups in total. The highest BCUT2D eigenvalue weighted by molar-refractivity contribution is 7.99. The summed E-state index contributed by atoms with van der Waals surface area (Å²) in [6.45, 7) is 2.76. The third-order valence-corrected chi connectivity index (χ3v) is 5.49. The van der Waals surface area contributed by atoms with Crippen LogP contribution in [0.3, 0.4) is 0 Å². The minimum atomic E-state index is 0.0155. The van der Waals surface area contributed by atoms with Crippen molar-refractivity contribution in [2.75, 3.05) is 6.54 Å². The van der Waals surface area contributed by atoms with Crippen LogP contribution in [0, 0.1) is 6.92 Å². The molecule has 0 unspecified atom stereocenters. The van der Waals surface area contributed by atoms with Crippen molar-refractivity contribution in [2.45, 2.75) is 37.2 Å². The van der Waals surface area contributed by atoms with E-state index in [0.717, 1.165) is 42.8 Å². The van der Waals surface area contributed by atoms with Gasteiger partial charge in [0.25, 0.3) is 0 Å². The van der Waals surface area contributed by atoms with Crippen LogP contribution in [0.4, 0.5) is 0 Å². The Morgan fingerprint density at radius 2 is 2.04 bits per heavy atom. The Kier molecular flexibility index (Phi) is 5.74. The molecule has 126 valence electrons. The molecule has 24 heavy (non-hydrogen) atoms. The van der Waals surface area contributed by atoms with E-state index in [0.29, 0.717) is 16.6 Å². The normalized spacial score (nSPS) is 18.1. The maximum atomic E-state index is 12.0. The maximum Gasteiger partial charge on any atom is 0.233 e. The number of rotatable bonds is 4. The zero-order valence-electron chi connectivity index (χ0n) is 13.6. The van der Waals surface area contributed by atoms with E-state index in [9.17, 15) is 4.79 Å². The van der Waals surface area contributed by atoms with Gasteiger partial charge in [0.05, 0.1) is 10.9 Å². The molecule has 1 atom stereocenters. The SMILES string of the molecule is Cc1cc(CS[C@H]2CCCCNC2=O)nc(-c2ccc(Cl)cc2)n1. The first-order valence-corrected chi connectivity index (χ1v) is 9.54. The Morgan fingerprint density at radius 3 is 2.83 bits per heavy atom. The first-order valence-electron chi connectivity index (χ1n) is 8.11. The van der Waals surface area contributed by atoms with Crippen LogP contribution >= 0.6 is 23.4 Å². The van der Waals surface area contributed by atoms with Gasteiger partial charge in [-0.2, -0.15) is 0 Å². The lowest BCUT2D eigenvalue weighted by molar-refractivity contribution is -0.120. The number of halogens is 1. The summed E-state index contributed by atoms with van der Waals surface area (Å²) in [5.41, 5.74) is 2.83. The highest BCUT2D eigenvalue weighted by Crippen LogP contribution is 2.25. The first-order chi connectivity index (χ1) is 11.6. The largest absolute Gasteiger partial charge is 0.355 e. The van der Waals surface area contributed by atoms with E-state index in [1.165, 1.54) is 0 Å². The fourth-order valence-electron chi connectivity index (χ4n) is 2.69. The van der Waals surface area contributed by atoms with Gasteiger partial charge in [-0.15, -0.1) is 11.8 Å². The van der Waals surface area contributed by atoms with Crippen molar-refractivity contribution in [3.05, 3.63) is 46.7 Å². The minimum absolute atomic E-state index is 0.0155. The summed E-state index contributed by atoms with van der Waals surface area (Å²) in [6.07, 6.45) is 3.09. The van der Waals surface area contributed by atoms with Gasteiger partial charge in [0.2, 0.25) is 5.91 Å². The molecule has 3 rings (SSSR count). The molecule has 1 fully saturated rings. The molecule has 4 nitrogen and oxygen atoms in total. The number of carbonyl (C=O) groups is 1. The predicted molar refractivity (Wildman–Crippen MR) is 99.2 cm³/mol. The van der Waals surface area contributed by atoms with Gasteiger partial charge in [-0.05, 0) is 50.1 Å². The average molecular weight is 362 g/mol. The summed E-state index contributed by atoms with van der Waals surface area (Å²) >= 11 is 7.61. The zero-order valence-corrected chi connectivity index (χ0v) is 15.2. The molecule has 1 aliphatic heterocycles. The van der Waals surface area contributed by atoms with Crippen LogP contribution < -0.4 is 5.32 Å². The molecule has 2 aromatic rings. The van der Waals surface area contributed by atoms with E-state index in [1.54, 1.807) is 11.8 Å². The summed E-state index contributed by atoms with van der Waals surface area (Å²) in [5.74, 6) is 1.57. The molecular weight excluding hydrogens is 342 g/mol. The molecule has 2 heterocycles. The first kappa shape index (κ1) is 17.2. The summed E-state index contributed by atoms with van der Waals surface area (Å²) in [4.78, 5) is 21.2. The topological polar surface area (TPSA) is 54.9 Å². The van der Waals surface area contributed by atoms with Gasteiger partial charge in [-0.3, -0.25) is 4.79 Å². The second-order valence-corrected chi connectivity index (χ2v) is 7.55. The Balaban J connectivity index is 1.74. The maximum absolute atomic E-state index is 12.0. The third kappa shape index (κ3) is 4.48. The molecule has 1 aromatic carbocycles. The summed E-state index contributed by atoms with van der Waals surface area (Å²) in [7, 11) is 0. The number of aromatic nitrogens is 2. The van der Waals surface area contributed by atoms with Crippen LogP contribution in [-0.4, -0.2) is 27.7 Å². The van der Waals surface area contributed by atoms with Crippen molar-refractivity contribution in [1.29, 1.82) is 0 Å². The standard InChI is InChI=1S/C18H20ClN3OS/c1-12-10-15(11-24-16-4-2-3-9-20-18(16)23)22-17(21-12)13-5-7-14(19)8-6-13/h5-8,10,16H,2-4,9,11H2,1H3,(H,20,23)/t16-/m0/s1. The molecule has 0 spiro atoms. The number of thioether (sulfide) groups is 1. The molecule has 1 saturated heterocycles. The lowest BCUT2D eigenvalue weighted by atomic mass is 10.2. The van der Waals surface area contributed by atoms with Crippen LogP contribution in [-0.2, 0) is 10.5 Å². The molecule has 1 amide bonds. The van der Waals surface area contributed by atoms with Crippen molar-refractivity contribution in [3.8, 4) is 11.4 Å². The van der Waals surface area contributed by atoms with Gasteiger partial charge in [-0.25, -0.2) is 9.97 Å². The van der Waals surface area contributed by atoms with E-state index in [4.69, 9.17) is 11.6 Å². The number of nitrogens with zero attached hydrogens (tertiary/aromatic N) is 2. The monoisotopic (exact) mass is 361 g/mol. The Bertz CT molecular complexity index is 721. The number of carbonyl (C=O) groups excluding carboxylic acids is 1. The Hall–Kier alpha value is -1.59. The molecule has 1 aliphatic rings. The fraction of sp³-hybridized carbons (Fsp3) is 0.389. The molecule has 0 bridgehead atoms. The number of amides is 1. The summed E-state index contributed by atoms with van der Waals surface area (Å²) in [5, 5.41) is 3.69. The number of nitrogens with one attached hydrogen (secondary N) is 1. The number of hydrogen-bond acceptors (Lipinski definition) is 4. The van der Waals surface area contributed by atoms with Crippen LogP contribution in [0.1, 0.15) is 30.7 Å². The molecule has 0 aliphatic carbocycles. The van der Waals surface area contributed by atoms with E-state index in [-0.39, 0.29) is 11.2 Å². The highest BCUT2D eigenvalue weighted by Gasteiger charge is 2.21. The lowest BCUT2D eigenvalue weighted by Gasteiger charge is -2.13. The number of hydrogen-bond donors (Lipinski definition) is 1. The van der Waals surface area contributed by atoms with E-state index >= 15 is 0 Å². The minimum Gasteiger partial charge on any atom is -0.355 e. The molecule has 6 heteroatoms. The smallest absolute Gasteiger partial charge is 0.233 e. The predicted octanol–water partition coefficient (Wildman–Crippen LogP) is 4.01. The molecule has 0 saturated carbocycles. The van der Waals surface area contributed by atoms with E-state index in [2.05, 4.69) is 15.3 Å². The quantitative estimate of drug-likeness (QED) is 0.894. The molecular formula is C18H20ClN3OS. The van der Waals surface area contributed by atoms with Crippen molar-refractivity contribution in [3.63, 3.8) is 0 Å². The van der Waals surface area contributed by atoms with Gasteiger partial charge in [0.15, 0.2) is 5.82 Å². The highest BCUT2D eigenvalue weighted by atomic mass is 35.5. The lowest BCUT2D eigenvalue weighted by Crippen LogP contribution is -2.30. The van der Waals surface area contributed by atoms with Gasteiger partial charge in [0, 0.05) is 28.6 Å². The van der Waals surface area contributed by atoms with Crippen molar-refractivity contribution in [1.82, 2.24) is 15.3 Å². The van der Waals surface area contributed by atoms with Gasteiger partial charge in [-0.1, -0.05) is 18.0 Å². The van der Waals surface area contributed by atoms with Gasteiger partial charge < -0.3 is 5.32 Å². The summed E-state index contributed by atoms with van der Waals surface area (Å²) in [6, 6.07) is 9.51. The number of benzene rings is 1. The molecule has 0 radical (unpaired) electrons. The summed E-state index contributed by atoms with van der Waals surface area (Å²) < 4.78 is 0. The second-order valence-electron chi connectivity index (χ2n) is 5.92. The second kappa shape index (κ2) is 7.99. The average Bonchev–Trinajstić information content (AvgIpc) is 2.77. The van der Waals surface area contributed by atoms with Crippen LogP contribution in [0.15, 0.2) is 30.3 Å². The van der Waals surface area contributed by atoms with Crippen LogP contribution in [0.5, 0.6) is 0 Å². The van der Waals surface area contributed by atoms with Gasteiger partial charge >= 0.3 is 0 Å². The molecule has 1 aromatic heterocycles. The number of aryl methyl sites for hydroxylation is 1. The Labute approximate surface area is 151 Å². The fourth-order valence-corrected chi connectivity index (χ4v) is 3.91. The Morgan fingerprint density at radius 1 is 1.25 bits per heavy atom. The van der Waals surface area contributed by atoms with Crippen LogP contribution in [0.2, 0.25) is 5.02 Å². The van der Waals surface area contributed by atoms with Crippen molar-refractivity contribution >= 4 is 29.3 Å². The van der Waals surface area contributed by atoms with Crippen LogP contribution in [0.25, 0.3) is 11.4 Å².